The van der Waals surface area contributed by atoms with E-state index in [1.165, 1.54) is 0 Å². The van der Waals surface area contributed by atoms with Crippen molar-refractivity contribution in [2.75, 3.05) is 19.8 Å². The maximum Gasteiger partial charge on any atom is 0.364 e. The van der Waals surface area contributed by atoms with E-state index in [1.807, 2.05) is 27.7 Å². The van der Waals surface area contributed by atoms with E-state index in [1.54, 1.807) is 0 Å². The average molecular weight is 284 g/mol. The Labute approximate surface area is 109 Å². The van der Waals surface area contributed by atoms with Gasteiger partial charge in [0.1, 0.15) is 0 Å². The molecule has 0 saturated heterocycles. The predicted molar refractivity (Wildman–Crippen MR) is 70.4 cm³/mol. The summed E-state index contributed by atoms with van der Waals surface area (Å²) in [7, 11) is -3.73. The van der Waals surface area contributed by atoms with Crippen LogP contribution in [0.1, 0.15) is 40.5 Å². The van der Waals surface area contributed by atoms with Crippen LogP contribution >= 0.6 is 7.60 Å². The SMILES string of the molecule is CC(C)COP(=O)(OCC(C)C)C(F)CCCO. The Morgan fingerprint density at radius 2 is 1.56 bits per heavy atom. The summed E-state index contributed by atoms with van der Waals surface area (Å²) < 4.78 is 36.6. The second-order valence-corrected chi connectivity index (χ2v) is 7.38. The van der Waals surface area contributed by atoms with Gasteiger partial charge >= 0.3 is 7.60 Å². The normalized spacial score (nSPS) is 14.4. The van der Waals surface area contributed by atoms with Gasteiger partial charge in [-0.1, -0.05) is 27.7 Å². The molecule has 0 heterocycles. The molecule has 1 N–H and O–H groups in total. The smallest absolute Gasteiger partial charge is 0.364 e. The molecule has 0 spiro atoms. The molecule has 1 atom stereocenters. The highest BCUT2D eigenvalue weighted by Gasteiger charge is 2.36. The maximum absolute atomic E-state index is 13.9. The molecule has 0 aromatic heterocycles. The zero-order valence-electron chi connectivity index (χ0n) is 11.8. The molecular formula is C12H26FO4P. The van der Waals surface area contributed by atoms with Gasteiger partial charge in [0.05, 0.1) is 13.2 Å². The molecule has 0 amide bonds. The number of aliphatic hydroxyl groups excluding tert-OH is 1. The molecule has 0 aromatic carbocycles. The summed E-state index contributed by atoms with van der Waals surface area (Å²) in [4.78, 5) is 0. The Morgan fingerprint density at radius 1 is 1.11 bits per heavy atom. The lowest BCUT2D eigenvalue weighted by Gasteiger charge is -2.23. The highest BCUT2D eigenvalue weighted by molar-refractivity contribution is 7.54. The van der Waals surface area contributed by atoms with Crippen LogP contribution in [0.3, 0.4) is 0 Å². The number of hydrogen-bond donors (Lipinski definition) is 1. The highest BCUT2D eigenvalue weighted by Crippen LogP contribution is 2.55. The zero-order valence-corrected chi connectivity index (χ0v) is 12.7. The molecule has 0 aliphatic heterocycles. The molecule has 18 heavy (non-hydrogen) atoms. The van der Waals surface area contributed by atoms with Crippen molar-refractivity contribution in [3.05, 3.63) is 0 Å². The predicted octanol–water partition coefficient (Wildman–Crippen LogP) is 3.59. The molecule has 0 saturated carbocycles. The summed E-state index contributed by atoms with van der Waals surface area (Å²) >= 11 is 0. The van der Waals surface area contributed by atoms with Crippen LogP contribution in [-0.2, 0) is 13.6 Å². The van der Waals surface area contributed by atoms with Crippen LogP contribution in [0.15, 0.2) is 0 Å². The third-order valence-electron chi connectivity index (χ3n) is 2.12. The number of aliphatic hydroxyl groups is 1. The summed E-state index contributed by atoms with van der Waals surface area (Å²) in [5.41, 5.74) is 0. The summed E-state index contributed by atoms with van der Waals surface area (Å²) in [5.74, 6) is -1.35. The van der Waals surface area contributed by atoms with Crippen molar-refractivity contribution in [1.82, 2.24) is 0 Å². The molecular weight excluding hydrogens is 258 g/mol. The Morgan fingerprint density at radius 3 is 1.89 bits per heavy atom. The van der Waals surface area contributed by atoms with E-state index in [2.05, 4.69) is 0 Å². The van der Waals surface area contributed by atoms with Crippen molar-refractivity contribution in [3.63, 3.8) is 0 Å². The molecule has 110 valence electrons. The van der Waals surface area contributed by atoms with E-state index < -0.39 is 13.5 Å². The first kappa shape index (κ1) is 18.0. The van der Waals surface area contributed by atoms with Crippen LogP contribution in [-0.4, -0.2) is 30.8 Å². The van der Waals surface area contributed by atoms with E-state index in [4.69, 9.17) is 14.2 Å². The van der Waals surface area contributed by atoms with Crippen molar-refractivity contribution in [1.29, 1.82) is 0 Å². The van der Waals surface area contributed by atoms with Crippen LogP contribution in [0.25, 0.3) is 0 Å². The van der Waals surface area contributed by atoms with Gasteiger partial charge in [0, 0.05) is 6.61 Å². The fourth-order valence-electron chi connectivity index (χ4n) is 1.12. The first-order valence-corrected chi connectivity index (χ1v) is 8.06. The number of hydrogen-bond acceptors (Lipinski definition) is 4. The third kappa shape index (κ3) is 7.47. The van der Waals surface area contributed by atoms with Crippen molar-refractivity contribution in [2.45, 2.75) is 46.4 Å². The minimum Gasteiger partial charge on any atom is -0.396 e. The zero-order chi connectivity index (χ0) is 14.2. The largest absolute Gasteiger partial charge is 0.396 e. The van der Waals surface area contributed by atoms with Gasteiger partial charge in [0.25, 0.3) is 0 Å². The van der Waals surface area contributed by atoms with Crippen molar-refractivity contribution in [2.24, 2.45) is 11.8 Å². The molecule has 0 rings (SSSR count). The lowest BCUT2D eigenvalue weighted by molar-refractivity contribution is 0.146. The van der Waals surface area contributed by atoms with Gasteiger partial charge in [-0.3, -0.25) is 4.57 Å². The topological polar surface area (TPSA) is 55.8 Å². The summed E-state index contributed by atoms with van der Waals surface area (Å²) in [6.07, 6.45) is 0.241. The molecule has 1 unspecified atom stereocenters. The molecule has 4 nitrogen and oxygen atoms in total. The second-order valence-electron chi connectivity index (χ2n) is 5.22. The quantitative estimate of drug-likeness (QED) is 0.623. The number of rotatable bonds is 10. The van der Waals surface area contributed by atoms with Gasteiger partial charge < -0.3 is 14.2 Å². The second kappa shape index (κ2) is 9.03. The van der Waals surface area contributed by atoms with E-state index >= 15 is 0 Å². The van der Waals surface area contributed by atoms with Crippen LogP contribution < -0.4 is 0 Å². The Balaban J connectivity index is 4.51. The van der Waals surface area contributed by atoms with Gasteiger partial charge in [-0.25, -0.2) is 4.39 Å². The first-order chi connectivity index (χ1) is 8.31. The molecule has 0 bridgehead atoms. The van der Waals surface area contributed by atoms with Crippen LogP contribution in [0.2, 0.25) is 0 Å². The molecule has 0 fully saturated rings. The first-order valence-electron chi connectivity index (χ1n) is 6.45. The van der Waals surface area contributed by atoms with Crippen molar-refractivity contribution >= 4 is 7.60 Å². The van der Waals surface area contributed by atoms with E-state index in [9.17, 15) is 8.96 Å². The van der Waals surface area contributed by atoms with E-state index in [0.717, 1.165) is 0 Å². The molecule has 0 aliphatic rings. The number of alkyl halides is 1. The van der Waals surface area contributed by atoms with Gasteiger partial charge in [0.15, 0.2) is 0 Å². The van der Waals surface area contributed by atoms with Crippen LogP contribution in [0.4, 0.5) is 4.39 Å². The fraction of sp³-hybridized carbons (Fsp3) is 1.00. The molecule has 0 radical (unpaired) electrons. The molecule has 6 heteroatoms. The van der Waals surface area contributed by atoms with Gasteiger partial charge in [-0.15, -0.1) is 0 Å². The summed E-state index contributed by atoms with van der Waals surface area (Å²) in [6, 6.07) is 0. The van der Waals surface area contributed by atoms with Gasteiger partial charge in [0.2, 0.25) is 5.91 Å². The maximum atomic E-state index is 13.9. The van der Waals surface area contributed by atoms with Crippen LogP contribution in [0.5, 0.6) is 0 Å². The molecule has 0 aliphatic carbocycles. The fourth-order valence-corrected chi connectivity index (χ4v) is 3.03. The Kier molecular flexibility index (Phi) is 9.05. The van der Waals surface area contributed by atoms with Crippen LogP contribution in [0, 0.1) is 11.8 Å². The van der Waals surface area contributed by atoms with Crippen molar-refractivity contribution < 1.29 is 23.1 Å². The monoisotopic (exact) mass is 284 g/mol. The highest BCUT2D eigenvalue weighted by atomic mass is 31.2. The standard InChI is InChI=1S/C12H26FO4P/c1-10(2)8-16-18(15,17-9-11(3)4)12(13)6-5-7-14/h10-12,14H,5-9H2,1-4H3. The average Bonchev–Trinajstić information content (AvgIpc) is 2.30. The van der Waals surface area contributed by atoms with E-state index in [-0.39, 0.29) is 44.5 Å². The minimum atomic E-state index is -3.73. The van der Waals surface area contributed by atoms with Gasteiger partial charge in [-0.2, -0.15) is 0 Å². The van der Waals surface area contributed by atoms with Gasteiger partial charge in [-0.05, 0) is 24.7 Å². The Hall–Kier alpha value is 0.0400. The van der Waals surface area contributed by atoms with Crippen molar-refractivity contribution in [3.8, 4) is 0 Å². The summed E-state index contributed by atoms with van der Waals surface area (Å²) in [6.45, 7) is 7.86. The summed E-state index contributed by atoms with van der Waals surface area (Å²) in [5, 5.41) is 8.68. The molecule has 0 aromatic rings. The Bertz CT molecular complexity index is 242. The lowest BCUT2D eigenvalue weighted by Crippen LogP contribution is -2.14. The lowest BCUT2D eigenvalue weighted by atomic mass is 10.2. The van der Waals surface area contributed by atoms with E-state index in [0.29, 0.717) is 0 Å². The minimum absolute atomic E-state index is 0.00995. The third-order valence-corrected chi connectivity index (χ3v) is 4.08. The number of halogens is 1.